The minimum absolute atomic E-state index is 0.191. The van der Waals surface area contributed by atoms with Crippen LogP contribution >= 0.6 is 11.3 Å². The first kappa shape index (κ1) is 18.1. The fourth-order valence-electron chi connectivity index (χ4n) is 3.15. The van der Waals surface area contributed by atoms with Crippen molar-refractivity contribution in [2.24, 2.45) is 0 Å². The lowest BCUT2D eigenvalue weighted by atomic mass is 10.1. The van der Waals surface area contributed by atoms with Gasteiger partial charge in [-0.1, -0.05) is 59.9 Å². The van der Waals surface area contributed by atoms with Gasteiger partial charge in [-0.25, -0.2) is 4.68 Å². The average Bonchev–Trinajstić information content (AvgIpc) is 3.32. The molecule has 0 aliphatic rings. The maximum Gasteiger partial charge on any atom is 0.295 e. The molecule has 0 unspecified atom stereocenters. The van der Waals surface area contributed by atoms with Gasteiger partial charge in [-0.3, -0.25) is 9.59 Å². The zero-order valence-electron chi connectivity index (χ0n) is 15.9. The van der Waals surface area contributed by atoms with Gasteiger partial charge in [0.1, 0.15) is 5.69 Å². The molecule has 146 valence electrons. The highest BCUT2D eigenvalue weighted by atomic mass is 32.1. The number of nitrogens with zero attached hydrogens (tertiary/aromatic N) is 5. The van der Waals surface area contributed by atoms with Crippen LogP contribution in [-0.2, 0) is 0 Å². The number of aromatic nitrogens is 5. The molecule has 0 spiro atoms. The lowest BCUT2D eigenvalue weighted by Gasteiger charge is -2.00. The Morgan fingerprint density at radius 1 is 0.933 bits per heavy atom. The Morgan fingerprint density at radius 3 is 2.37 bits per heavy atom. The molecule has 8 heteroatoms. The van der Waals surface area contributed by atoms with E-state index in [1.807, 2.05) is 66.9 Å². The topological polar surface area (TPSA) is 82.2 Å². The number of aryl methyl sites for hydroxylation is 1. The van der Waals surface area contributed by atoms with E-state index < -0.39 is 5.56 Å². The van der Waals surface area contributed by atoms with E-state index in [1.54, 1.807) is 17.7 Å². The Labute approximate surface area is 174 Å². The van der Waals surface area contributed by atoms with E-state index >= 15 is 0 Å². The highest BCUT2D eigenvalue weighted by Crippen LogP contribution is 2.24. The number of rotatable bonds is 3. The first-order chi connectivity index (χ1) is 14.6. The summed E-state index contributed by atoms with van der Waals surface area (Å²) in [4.78, 5) is 28.9. The van der Waals surface area contributed by atoms with Crippen molar-refractivity contribution in [3.63, 3.8) is 0 Å². The molecule has 0 amide bonds. The van der Waals surface area contributed by atoms with Crippen molar-refractivity contribution in [1.29, 1.82) is 0 Å². The molecule has 2 aromatic carbocycles. The molecule has 3 heterocycles. The third kappa shape index (κ3) is 3.13. The van der Waals surface area contributed by atoms with E-state index in [1.165, 1.54) is 4.52 Å². The van der Waals surface area contributed by atoms with Gasteiger partial charge in [-0.15, -0.1) is 0 Å². The number of para-hydroxylation sites is 1. The van der Waals surface area contributed by atoms with Gasteiger partial charge in [-0.2, -0.15) is 19.7 Å². The van der Waals surface area contributed by atoms with Gasteiger partial charge in [-0.05, 0) is 25.1 Å². The Bertz CT molecular complexity index is 1540. The maximum atomic E-state index is 12.8. The molecule has 0 saturated heterocycles. The molecule has 5 aromatic rings. The third-order valence-electron chi connectivity index (χ3n) is 4.64. The summed E-state index contributed by atoms with van der Waals surface area (Å²) >= 11 is 1.13. The second-order valence-corrected chi connectivity index (χ2v) is 7.70. The predicted molar refractivity (Wildman–Crippen MR) is 116 cm³/mol. The van der Waals surface area contributed by atoms with Crippen LogP contribution in [0.1, 0.15) is 11.3 Å². The normalized spacial score (nSPS) is 12.0. The standard InChI is InChI=1S/C22H15N5O2S/c1-14-20(28)23-22-27(24-14)21(29)18(30-22)12-16-13-26(17-10-6-3-7-11-17)25-19(16)15-8-4-2-5-9-15/h2-13H,1H3/b18-12-. The summed E-state index contributed by atoms with van der Waals surface area (Å²) in [5.74, 6) is 0. The van der Waals surface area contributed by atoms with Crippen molar-refractivity contribution in [1.82, 2.24) is 24.4 Å². The SMILES string of the molecule is Cc1nn2c(=O)/c(=C/c3cn(-c4ccccc4)nc3-c3ccccc3)sc2nc1=O. The molecular weight excluding hydrogens is 398 g/mol. The fourth-order valence-corrected chi connectivity index (χ4v) is 4.05. The molecule has 30 heavy (non-hydrogen) atoms. The second-order valence-electron chi connectivity index (χ2n) is 6.69. The molecule has 0 aliphatic heterocycles. The molecule has 0 aliphatic carbocycles. The predicted octanol–water partition coefficient (Wildman–Crippen LogP) is 2.22. The number of hydrogen-bond donors (Lipinski definition) is 0. The van der Waals surface area contributed by atoms with E-state index in [0.717, 1.165) is 33.8 Å². The van der Waals surface area contributed by atoms with Gasteiger partial charge in [0.15, 0.2) is 0 Å². The number of thiazole rings is 1. The van der Waals surface area contributed by atoms with E-state index in [-0.39, 0.29) is 16.2 Å². The third-order valence-corrected chi connectivity index (χ3v) is 5.60. The van der Waals surface area contributed by atoms with Crippen molar-refractivity contribution in [2.75, 3.05) is 0 Å². The summed E-state index contributed by atoms with van der Waals surface area (Å²) in [5, 5.41) is 8.83. The molecule has 0 atom stereocenters. The highest BCUT2D eigenvalue weighted by Gasteiger charge is 2.13. The molecule has 0 bridgehead atoms. The smallest absolute Gasteiger partial charge is 0.266 e. The quantitative estimate of drug-likeness (QED) is 0.453. The Kier molecular flexibility index (Phi) is 4.33. The lowest BCUT2D eigenvalue weighted by molar-refractivity contribution is 0.833. The number of fused-ring (bicyclic) bond motifs is 1. The molecule has 5 rings (SSSR count). The second kappa shape index (κ2) is 7.16. The lowest BCUT2D eigenvalue weighted by Crippen LogP contribution is -2.27. The average molecular weight is 413 g/mol. The van der Waals surface area contributed by atoms with Gasteiger partial charge < -0.3 is 0 Å². The fraction of sp³-hybridized carbons (Fsp3) is 0.0455. The van der Waals surface area contributed by atoms with Gasteiger partial charge >= 0.3 is 0 Å². The van der Waals surface area contributed by atoms with Crippen LogP contribution in [0.2, 0.25) is 0 Å². The van der Waals surface area contributed by atoms with Crippen molar-refractivity contribution >= 4 is 22.4 Å². The molecular formula is C22H15N5O2S. The summed E-state index contributed by atoms with van der Waals surface area (Å²) in [6, 6.07) is 19.6. The van der Waals surface area contributed by atoms with Crippen LogP contribution in [0.3, 0.4) is 0 Å². The summed E-state index contributed by atoms with van der Waals surface area (Å²) in [6.07, 6.45) is 3.66. The van der Waals surface area contributed by atoms with Crippen LogP contribution in [0.25, 0.3) is 28.0 Å². The van der Waals surface area contributed by atoms with E-state index in [9.17, 15) is 9.59 Å². The first-order valence-electron chi connectivity index (χ1n) is 9.23. The van der Waals surface area contributed by atoms with Crippen molar-refractivity contribution in [3.8, 4) is 16.9 Å². The van der Waals surface area contributed by atoms with Crippen LogP contribution in [0.4, 0.5) is 0 Å². The molecule has 0 radical (unpaired) electrons. The summed E-state index contributed by atoms with van der Waals surface area (Å²) in [6.45, 7) is 1.54. The highest BCUT2D eigenvalue weighted by molar-refractivity contribution is 7.15. The Hall–Kier alpha value is -3.91. The molecule has 3 aromatic heterocycles. The molecule has 0 saturated carbocycles. The van der Waals surface area contributed by atoms with Crippen LogP contribution in [0.5, 0.6) is 0 Å². The Morgan fingerprint density at radius 2 is 1.63 bits per heavy atom. The van der Waals surface area contributed by atoms with Crippen LogP contribution in [0, 0.1) is 6.92 Å². The number of benzene rings is 2. The number of hydrogen-bond acceptors (Lipinski definition) is 6. The van der Waals surface area contributed by atoms with Gasteiger partial charge in [0, 0.05) is 17.3 Å². The summed E-state index contributed by atoms with van der Waals surface area (Å²) in [5.41, 5.74) is 2.85. The zero-order chi connectivity index (χ0) is 20.7. The van der Waals surface area contributed by atoms with Crippen molar-refractivity contribution in [3.05, 3.63) is 103 Å². The van der Waals surface area contributed by atoms with E-state index in [0.29, 0.717) is 4.53 Å². The monoisotopic (exact) mass is 413 g/mol. The summed E-state index contributed by atoms with van der Waals surface area (Å²) < 4.78 is 3.40. The molecule has 7 nitrogen and oxygen atoms in total. The maximum absolute atomic E-state index is 12.8. The largest absolute Gasteiger partial charge is 0.295 e. The Balaban J connectivity index is 1.75. The van der Waals surface area contributed by atoms with Crippen LogP contribution in [-0.4, -0.2) is 24.4 Å². The van der Waals surface area contributed by atoms with Crippen LogP contribution in [0.15, 0.2) is 76.4 Å². The minimum atomic E-state index is -0.426. The molecule has 0 fully saturated rings. The van der Waals surface area contributed by atoms with Gasteiger partial charge in [0.25, 0.3) is 11.1 Å². The zero-order valence-corrected chi connectivity index (χ0v) is 16.7. The minimum Gasteiger partial charge on any atom is -0.266 e. The van der Waals surface area contributed by atoms with E-state index in [2.05, 4.69) is 10.1 Å². The van der Waals surface area contributed by atoms with Crippen molar-refractivity contribution in [2.45, 2.75) is 6.92 Å². The van der Waals surface area contributed by atoms with Gasteiger partial charge in [0.05, 0.1) is 15.9 Å². The molecule has 0 N–H and O–H groups in total. The van der Waals surface area contributed by atoms with Crippen molar-refractivity contribution < 1.29 is 0 Å². The van der Waals surface area contributed by atoms with E-state index in [4.69, 9.17) is 5.10 Å². The van der Waals surface area contributed by atoms with Crippen LogP contribution < -0.4 is 15.7 Å². The summed E-state index contributed by atoms with van der Waals surface area (Å²) in [7, 11) is 0. The first-order valence-corrected chi connectivity index (χ1v) is 10.0. The van der Waals surface area contributed by atoms with Gasteiger partial charge in [0.2, 0.25) is 4.96 Å².